The first-order chi connectivity index (χ1) is 16.6. The Morgan fingerprint density at radius 3 is 2.69 bits per heavy atom. The van der Waals surface area contributed by atoms with Crippen molar-refractivity contribution in [3.8, 4) is 11.5 Å². The maximum absolute atomic E-state index is 13.0. The van der Waals surface area contributed by atoms with Crippen molar-refractivity contribution in [2.24, 2.45) is 0 Å². The molecule has 5 rings (SSSR count). The molecule has 1 N–H and O–H groups in total. The van der Waals surface area contributed by atoms with Crippen molar-refractivity contribution >= 4 is 33.5 Å². The van der Waals surface area contributed by atoms with E-state index in [0.29, 0.717) is 51.1 Å². The Morgan fingerprint density at radius 2 is 1.91 bits per heavy atom. The minimum atomic E-state index is -0.564. The summed E-state index contributed by atoms with van der Waals surface area (Å²) < 4.78 is 22.6. The zero-order chi connectivity index (χ0) is 24.9. The molecule has 0 unspecified atom stereocenters. The lowest BCUT2D eigenvalue weighted by atomic mass is 9.91. The molecule has 0 atom stereocenters. The van der Waals surface area contributed by atoms with Crippen molar-refractivity contribution in [3.05, 3.63) is 73.9 Å². The second-order valence-electron chi connectivity index (χ2n) is 9.35. The van der Waals surface area contributed by atoms with Gasteiger partial charge in [-0.3, -0.25) is 4.79 Å². The molecule has 0 radical (unpaired) electrons. The van der Waals surface area contributed by atoms with Gasteiger partial charge in [-0.05, 0) is 63.4 Å². The van der Waals surface area contributed by atoms with Gasteiger partial charge in [0.25, 0.3) is 0 Å². The number of carbonyl (C=O) groups excluding carboxylic acids is 1. The number of amides is 1. The van der Waals surface area contributed by atoms with Gasteiger partial charge in [0.1, 0.15) is 28.3 Å². The Balaban J connectivity index is 1.50. The van der Waals surface area contributed by atoms with Gasteiger partial charge in [0.05, 0.1) is 24.5 Å². The summed E-state index contributed by atoms with van der Waals surface area (Å²) in [7, 11) is 1.55. The fourth-order valence-electron chi connectivity index (χ4n) is 4.56. The Morgan fingerprint density at radius 1 is 1.11 bits per heavy atom. The van der Waals surface area contributed by atoms with Crippen molar-refractivity contribution in [1.29, 1.82) is 0 Å². The quantitative estimate of drug-likeness (QED) is 0.433. The molecule has 1 amide bonds. The average Bonchev–Trinajstić information content (AvgIpc) is 2.80. The van der Waals surface area contributed by atoms with Crippen LogP contribution in [0.15, 0.2) is 54.8 Å². The summed E-state index contributed by atoms with van der Waals surface area (Å²) in [4.78, 5) is 37.2. The van der Waals surface area contributed by atoms with E-state index >= 15 is 0 Å². The van der Waals surface area contributed by atoms with Crippen molar-refractivity contribution in [3.63, 3.8) is 0 Å². The van der Waals surface area contributed by atoms with E-state index in [4.69, 9.17) is 18.3 Å². The van der Waals surface area contributed by atoms with Crippen molar-refractivity contribution in [2.45, 2.75) is 45.6 Å². The van der Waals surface area contributed by atoms with E-state index in [-0.39, 0.29) is 23.5 Å². The first-order valence-corrected chi connectivity index (χ1v) is 11.3. The van der Waals surface area contributed by atoms with Crippen LogP contribution in [0, 0.1) is 6.92 Å². The van der Waals surface area contributed by atoms with Crippen LogP contribution in [0.2, 0.25) is 0 Å². The van der Waals surface area contributed by atoms with E-state index in [2.05, 4.69) is 5.32 Å². The van der Waals surface area contributed by atoms with Crippen molar-refractivity contribution in [2.75, 3.05) is 12.4 Å². The highest BCUT2D eigenvalue weighted by Gasteiger charge is 2.31. The highest BCUT2D eigenvalue weighted by molar-refractivity contribution is 5.97. The summed E-state index contributed by atoms with van der Waals surface area (Å²) in [5, 5.41) is 4.13. The molecule has 8 nitrogen and oxygen atoms in total. The molecule has 0 fully saturated rings. The molecule has 0 saturated heterocycles. The fourth-order valence-corrected chi connectivity index (χ4v) is 4.56. The average molecular weight is 475 g/mol. The molecule has 2 aromatic carbocycles. The zero-order valence-electron chi connectivity index (χ0n) is 19.9. The predicted octanol–water partition coefficient (Wildman–Crippen LogP) is 4.50. The lowest BCUT2D eigenvalue weighted by Gasteiger charge is -2.33. The van der Waals surface area contributed by atoms with Gasteiger partial charge in [-0.2, -0.15) is 0 Å². The molecule has 4 aromatic rings. The SMILES string of the molecule is COc1cc2c(c3oc(=O)c(CC(=O)Nc4ccc5oc(=O)ccc5c4)c(C)c13)CCC(C)(C)O2. The summed E-state index contributed by atoms with van der Waals surface area (Å²) in [5.74, 6) is 0.791. The van der Waals surface area contributed by atoms with Crippen LogP contribution in [-0.4, -0.2) is 18.6 Å². The number of hydrogen-bond donors (Lipinski definition) is 1. The number of ether oxygens (including phenoxy) is 2. The third kappa shape index (κ3) is 4.16. The molecule has 3 heterocycles. The predicted molar refractivity (Wildman–Crippen MR) is 132 cm³/mol. The Kier molecular flexibility index (Phi) is 5.39. The number of carbonyl (C=O) groups is 1. The number of aryl methyl sites for hydroxylation is 2. The Bertz CT molecular complexity index is 1610. The molecule has 0 aliphatic carbocycles. The molecule has 180 valence electrons. The highest BCUT2D eigenvalue weighted by Crippen LogP contribution is 2.43. The van der Waals surface area contributed by atoms with Gasteiger partial charge < -0.3 is 23.6 Å². The van der Waals surface area contributed by atoms with E-state index in [1.807, 2.05) is 19.9 Å². The number of benzene rings is 2. The van der Waals surface area contributed by atoms with Gasteiger partial charge in [-0.25, -0.2) is 9.59 Å². The molecule has 0 spiro atoms. The van der Waals surface area contributed by atoms with Crippen LogP contribution in [0.25, 0.3) is 21.9 Å². The molecule has 1 aliphatic heterocycles. The summed E-state index contributed by atoms with van der Waals surface area (Å²) in [5.41, 5.74) is 1.78. The number of rotatable bonds is 4. The molecule has 35 heavy (non-hydrogen) atoms. The number of anilines is 1. The Hall–Kier alpha value is -4.07. The lowest BCUT2D eigenvalue weighted by Crippen LogP contribution is -2.32. The third-order valence-corrected chi connectivity index (χ3v) is 6.40. The van der Waals surface area contributed by atoms with E-state index in [1.54, 1.807) is 38.3 Å². The first kappa shape index (κ1) is 22.7. The van der Waals surface area contributed by atoms with Crippen LogP contribution in [0.3, 0.4) is 0 Å². The summed E-state index contributed by atoms with van der Waals surface area (Å²) in [6.07, 6.45) is 1.31. The standard InChI is InChI=1S/C27H25NO7/c1-14-18(12-22(29)28-16-6-7-19-15(11-16)5-8-23(30)33-19)26(31)34-25-17-9-10-27(2,3)35-20(17)13-21(32-4)24(14)25/h5-8,11,13H,9-10,12H2,1-4H3,(H,28,29). The number of fused-ring (bicyclic) bond motifs is 4. The van der Waals surface area contributed by atoms with Gasteiger partial charge in [-0.1, -0.05) is 0 Å². The Labute approximate surface area is 200 Å². The van der Waals surface area contributed by atoms with Gasteiger partial charge in [0.15, 0.2) is 0 Å². The lowest BCUT2D eigenvalue weighted by molar-refractivity contribution is -0.115. The highest BCUT2D eigenvalue weighted by atomic mass is 16.5. The number of methoxy groups -OCH3 is 1. The van der Waals surface area contributed by atoms with Crippen molar-refractivity contribution < 1.29 is 23.1 Å². The fraction of sp³-hybridized carbons (Fsp3) is 0.296. The van der Waals surface area contributed by atoms with E-state index < -0.39 is 11.3 Å². The zero-order valence-corrected chi connectivity index (χ0v) is 19.9. The molecule has 0 bridgehead atoms. The largest absolute Gasteiger partial charge is 0.496 e. The maximum atomic E-state index is 13.0. The van der Waals surface area contributed by atoms with E-state index in [1.165, 1.54) is 6.07 Å². The van der Waals surface area contributed by atoms with Crippen LogP contribution in [-0.2, 0) is 17.6 Å². The summed E-state index contributed by atoms with van der Waals surface area (Å²) >= 11 is 0. The summed E-state index contributed by atoms with van der Waals surface area (Å²) in [6.45, 7) is 5.82. The second-order valence-corrected chi connectivity index (χ2v) is 9.35. The van der Waals surface area contributed by atoms with E-state index in [9.17, 15) is 14.4 Å². The first-order valence-electron chi connectivity index (χ1n) is 11.3. The molecule has 1 aliphatic rings. The minimum absolute atomic E-state index is 0.171. The smallest absolute Gasteiger partial charge is 0.340 e. The molecular formula is C27H25NO7. The number of hydrogen-bond acceptors (Lipinski definition) is 7. The maximum Gasteiger partial charge on any atom is 0.340 e. The van der Waals surface area contributed by atoms with Gasteiger partial charge in [0, 0.05) is 28.8 Å². The monoisotopic (exact) mass is 475 g/mol. The van der Waals surface area contributed by atoms with E-state index in [0.717, 1.165) is 12.0 Å². The normalized spacial score (nSPS) is 14.4. The molecule has 8 heteroatoms. The van der Waals surface area contributed by atoms with Crippen LogP contribution in [0.5, 0.6) is 11.5 Å². The molecular weight excluding hydrogens is 450 g/mol. The third-order valence-electron chi connectivity index (χ3n) is 6.40. The summed E-state index contributed by atoms with van der Waals surface area (Å²) in [6, 6.07) is 9.70. The minimum Gasteiger partial charge on any atom is -0.496 e. The topological polar surface area (TPSA) is 108 Å². The number of nitrogens with one attached hydrogen (secondary N) is 1. The molecule has 2 aromatic heterocycles. The second kappa shape index (κ2) is 8.30. The molecule has 0 saturated carbocycles. The van der Waals surface area contributed by atoms with Crippen molar-refractivity contribution in [1.82, 2.24) is 0 Å². The van der Waals surface area contributed by atoms with Gasteiger partial charge in [0.2, 0.25) is 5.91 Å². The van der Waals surface area contributed by atoms with Crippen LogP contribution < -0.4 is 26.0 Å². The van der Waals surface area contributed by atoms with Gasteiger partial charge in [-0.15, -0.1) is 0 Å². The van der Waals surface area contributed by atoms with Gasteiger partial charge >= 0.3 is 11.3 Å². The van der Waals surface area contributed by atoms with Crippen LogP contribution >= 0.6 is 0 Å². The van der Waals surface area contributed by atoms with Crippen LogP contribution in [0.1, 0.15) is 37.0 Å². The van der Waals surface area contributed by atoms with Crippen LogP contribution in [0.4, 0.5) is 5.69 Å².